The highest BCUT2D eigenvalue weighted by atomic mass is 32.2. The van der Waals surface area contributed by atoms with Gasteiger partial charge in [0, 0.05) is 16.8 Å². The molecule has 1 heterocycles. The summed E-state index contributed by atoms with van der Waals surface area (Å²) in [5.41, 5.74) is 3.34. The van der Waals surface area contributed by atoms with Gasteiger partial charge in [0.15, 0.2) is 5.78 Å². The number of carbonyl (C=O) groups is 1. The third kappa shape index (κ3) is 2.61. The maximum Gasteiger partial charge on any atom is 0.353 e. The number of hydrogen-bond acceptors (Lipinski definition) is 4. The van der Waals surface area contributed by atoms with Gasteiger partial charge in [-0.2, -0.15) is 4.98 Å². The fourth-order valence-electron chi connectivity index (χ4n) is 2.91. The zero-order chi connectivity index (χ0) is 15.7. The first-order valence-corrected chi connectivity index (χ1v) is 8.49. The Morgan fingerprint density at radius 1 is 1.36 bits per heavy atom. The van der Waals surface area contributed by atoms with Gasteiger partial charge < -0.3 is 0 Å². The number of rotatable bonds is 4. The zero-order valence-electron chi connectivity index (χ0n) is 12.8. The van der Waals surface area contributed by atoms with Gasteiger partial charge >= 0.3 is 5.69 Å². The molecule has 0 N–H and O–H groups in total. The van der Waals surface area contributed by atoms with Crippen molar-refractivity contribution in [1.82, 2.24) is 9.55 Å². The number of ketones is 1. The third-order valence-corrected chi connectivity index (χ3v) is 4.80. The number of benzene rings is 1. The van der Waals surface area contributed by atoms with Crippen molar-refractivity contribution in [2.75, 3.05) is 5.75 Å². The topological polar surface area (TPSA) is 52.0 Å². The molecule has 22 heavy (non-hydrogen) atoms. The predicted octanol–water partition coefficient (Wildman–Crippen LogP) is 3.04. The molecule has 0 saturated heterocycles. The van der Waals surface area contributed by atoms with E-state index in [2.05, 4.69) is 11.9 Å². The molecule has 1 aromatic heterocycles. The maximum absolute atomic E-state index is 12.5. The minimum Gasteiger partial charge on any atom is -0.295 e. The van der Waals surface area contributed by atoms with E-state index in [0.717, 1.165) is 41.4 Å². The summed E-state index contributed by atoms with van der Waals surface area (Å²) >= 11 is 1.63. The first-order valence-electron chi connectivity index (χ1n) is 7.50. The Bertz CT molecular complexity index is 796. The minimum absolute atomic E-state index is 0.00216. The summed E-state index contributed by atoms with van der Waals surface area (Å²) in [7, 11) is 0. The van der Waals surface area contributed by atoms with Gasteiger partial charge in [-0.05, 0) is 44.1 Å². The molecule has 3 rings (SSSR count). The van der Waals surface area contributed by atoms with Crippen molar-refractivity contribution in [3.05, 3.63) is 51.6 Å². The smallest absolute Gasteiger partial charge is 0.295 e. The average molecular weight is 314 g/mol. The lowest BCUT2D eigenvalue weighted by atomic mass is 10.1. The molecule has 0 radical (unpaired) electrons. The molecule has 1 aromatic carbocycles. The van der Waals surface area contributed by atoms with Crippen molar-refractivity contribution in [3.8, 4) is 5.69 Å². The minimum atomic E-state index is -0.252. The van der Waals surface area contributed by atoms with Crippen LogP contribution in [0.15, 0.2) is 34.1 Å². The van der Waals surface area contributed by atoms with Crippen LogP contribution in [-0.4, -0.2) is 21.1 Å². The molecule has 4 nitrogen and oxygen atoms in total. The number of aromatic nitrogens is 2. The Morgan fingerprint density at radius 2 is 2.18 bits per heavy atom. The van der Waals surface area contributed by atoms with E-state index in [1.54, 1.807) is 28.5 Å². The van der Waals surface area contributed by atoms with Crippen molar-refractivity contribution >= 4 is 17.5 Å². The van der Waals surface area contributed by atoms with Crippen LogP contribution in [0.3, 0.4) is 0 Å². The van der Waals surface area contributed by atoms with E-state index in [9.17, 15) is 9.59 Å². The van der Waals surface area contributed by atoms with Gasteiger partial charge in [-0.15, -0.1) is 11.8 Å². The van der Waals surface area contributed by atoms with E-state index in [0.29, 0.717) is 5.56 Å². The summed E-state index contributed by atoms with van der Waals surface area (Å²) in [5.74, 6) is 0.903. The first kappa shape index (κ1) is 15.0. The second-order valence-corrected chi connectivity index (χ2v) is 6.61. The van der Waals surface area contributed by atoms with Crippen molar-refractivity contribution in [1.29, 1.82) is 0 Å². The van der Waals surface area contributed by atoms with E-state index >= 15 is 0 Å². The number of Topliss-reactive ketones (excluding diaryl/α,β-unsaturated/α-hetero) is 1. The Hall–Kier alpha value is -1.88. The van der Waals surface area contributed by atoms with Crippen LogP contribution in [0.4, 0.5) is 0 Å². The van der Waals surface area contributed by atoms with Gasteiger partial charge in [0.05, 0.1) is 5.69 Å². The molecule has 5 heteroatoms. The van der Waals surface area contributed by atoms with Crippen LogP contribution in [0.2, 0.25) is 0 Å². The fraction of sp³-hybridized carbons (Fsp3) is 0.353. The van der Waals surface area contributed by atoms with Crippen molar-refractivity contribution < 1.29 is 4.79 Å². The summed E-state index contributed by atoms with van der Waals surface area (Å²) in [4.78, 5) is 28.4. The van der Waals surface area contributed by atoms with Gasteiger partial charge in [0.2, 0.25) is 0 Å². The zero-order valence-corrected chi connectivity index (χ0v) is 13.6. The molecule has 0 atom stereocenters. The lowest BCUT2D eigenvalue weighted by molar-refractivity contribution is 0.101. The largest absolute Gasteiger partial charge is 0.353 e. The number of thioether (sulfide) groups is 1. The van der Waals surface area contributed by atoms with Gasteiger partial charge in [0.25, 0.3) is 0 Å². The molecule has 0 aliphatic heterocycles. The van der Waals surface area contributed by atoms with Gasteiger partial charge in [-0.25, -0.2) is 4.79 Å². The molecular formula is C17H18N2O2S. The Kier molecular flexibility index (Phi) is 4.16. The van der Waals surface area contributed by atoms with Crippen LogP contribution < -0.4 is 5.69 Å². The van der Waals surface area contributed by atoms with E-state index in [4.69, 9.17) is 0 Å². The lowest BCUT2D eigenvalue weighted by Crippen LogP contribution is -2.26. The van der Waals surface area contributed by atoms with Crippen LogP contribution in [0, 0.1) is 0 Å². The van der Waals surface area contributed by atoms with E-state index in [1.165, 1.54) is 12.5 Å². The maximum atomic E-state index is 12.5. The Morgan fingerprint density at radius 3 is 2.91 bits per heavy atom. The van der Waals surface area contributed by atoms with E-state index < -0.39 is 0 Å². The second-order valence-electron chi connectivity index (χ2n) is 5.35. The monoisotopic (exact) mass is 314 g/mol. The summed E-state index contributed by atoms with van der Waals surface area (Å²) < 4.78 is 1.68. The molecule has 0 amide bonds. The first-order chi connectivity index (χ1) is 10.6. The van der Waals surface area contributed by atoms with Gasteiger partial charge in [-0.1, -0.05) is 19.1 Å². The summed E-state index contributed by atoms with van der Waals surface area (Å²) in [5, 5.41) is 0.874. The highest BCUT2D eigenvalue weighted by molar-refractivity contribution is 7.99. The van der Waals surface area contributed by atoms with E-state index in [1.807, 2.05) is 12.1 Å². The fourth-order valence-corrected chi connectivity index (χ4v) is 3.72. The number of carbonyl (C=O) groups excluding carboxylic acids is 1. The molecule has 0 spiro atoms. The van der Waals surface area contributed by atoms with Crippen LogP contribution in [0.5, 0.6) is 0 Å². The number of nitrogens with zero attached hydrogens (tertiary/aromatic N) is 2. The molecule has 1 aliphatic rings. The molecule has 0 saturated carbocycles. The van der Waals surface area contributed by atoms with Gasteiger partial charge in [-0.3, -0.25) is 9.36 Å². The molecular weight excluding hydrogens is 296 g/mol. The summed E-state index contributed by atoms with van der Waals surface area (Å²) in [6, 6.07) is 7.22. The molecule has 1 aliphatic carbocycles. The highest BCUT2D eigenvalue weighted by Gasteiger charge is 2.22. The lowest BCUT2D eigenvalue weighted by Gasteiger charge is -2.14. The molecule has 0 fully saturated rings. The van der Waals surface area contributed by atoms with Crippen molar-refractivity contribution in [2.45, 2.75) is 38.1 Å². The average Bonchev–Trinajstić information content (AvgIpc) is 2.97. The number of hydrogen-bond donors (Lipinski definition) is 0. The summed E-state index contributed by atoms with van der Waals surface area (Å²) in [6.45, 7) is 3.60. The predicted molar refractivity (Wildman–Crippen MR) is 88.3 cm³/mol. The van der Waals surface area contributed by atoms with Crippen LogP contribution in [-0.2, 0) is 12.8 Å². The van der Waals surface area contributed by atoms with Crippen LogP contribution in [0.25, 0.3) is 5.69 Å². The number of fused-ring (bicyclic) bond motifs is 1. The molecule has 0 bridgehead atoms. The second kappa shape index (κ2) is 6.08. The van der Waals surface area contributed by atoms with Crippen LogP contribution >= 0.6 is 11.8 Å². The normalized spacial score (nSPS) is 13.2. The van der Waals surface area contributed by atoms with Crippen LogP contribution in [0.1, 0.15) is 41.9 Å². The van der Waals surface area contributed by atoms with Crippen molar-refractivity contribution in [3.63, 3.8) is 0 Å². The highest BCUT2D eigenvalue weighted by Crippen LogP contribution is 2.30. The SMILES string of the molecule is CCSc1nc(=O)n(-c2cccc(C(C)=O)c2)c2c1CCC2. The third-order valence-electron chi connectivity index (χ3n) is 3.90. The molecule has 0 unspecified atom stereocenters. The molecule has 2 aromatic rings. The van der Waals surface area contributed by atoms with Crippen molar-refractivity contribution in [2.24, 2.45) is 0 Å². The Balaban J connectivity index is 2.20. The van der Waals surface area contributed by atoms with E-state index in [-0.39, 0.29) is 11.5 Å². The van der Waals surface area contributed by atoms with Gasteiger partial charge in [0.1, 0.15) is 5.03 Å². The Labute approximate surface area is 133 Å². The molecule has 114 valence electrons. The quantitative estimate of drug-likeness (QED) is 0.494. The standard InChI is InChI=1S/C17H18N2O2S/c1-3-22-16-14-8-5-9-15(14)19(17(21)18-16)13-7-4-6-12(10-13)11(2)20/h4,6-7,10H,3,5,8-9H2,1-2H3. The summed E-state index contributed by atoms with van der Waals surface area (Å²) in [6.07, 6.45) is 2.90.